The first-order valence-electron chi connectivity index (χ1n) is 6.86. The van der Waals surface area contributed by atoms with Crippen molar-refractivity contribution >= 4 is 29.0 Å². The standard InChI is InChI=1S/C16H14FN3O2/c17-11-2-4-12(5-3-11)18-16(22)19-13-6-7-14-10(9-13)1-8-15(21)20-14/h2-7,9H,1,8H2,(H,20,21)(H2,18,19,22). The summed E-state index contributed by atoms with van der Waals surface area (Å²) in [4.78, 5) is 23.2. The van der Waals surface area contributed by atoms with Gasteiger partial charge in [0.15, 0.2) is 0 Å². The molecule has 0 aromatic heterocycles. The van der Waals surface area contributed by atoms with E-state index >= 15 is 0 Å². The molecule has 6 heteroatoms. The largest absolute Gasteiger partial charge is 0.326 e. The Labute approximate surface area is 126 Å². The van der Waals surface area contributed by atoms with Crippen LogP contribution in [0.1, 0.15) is 12.0 Å². The van der Waals surface area contributed by atoms with Crippen molar-refractivity contribution in [1.29, 1.82) is 0 Å². The first-order chi connectivity index (χ1) is 10.6. The van der Waals surface area contributed by atoms with Gasteiger partial charge in [0.2, 0.25) is 5.91 Å². The fraction of sp³-hybridized carbons (Fsp3) is 0.125. The van der Waals surface area contributed by atoms with Gasteiger partial charge in [0.05, 0.1) is 0 Å². The second-order valence-corrected chi connectivity index (χ2v) is 5.01. The van der Waals surface area contributed by atoms with Gasteiger partial charge < -0.3 is 16.0 Å². The molecule has 0 saturated carbocycles. The first-order valence-corrected chi connectivity index (χ1v) is 6.86. The molecule has 0 spiro atoms. The summed E-state index contributed by atoms with van der Waals surface area (Å²) in [6.07, 6.45) is 1.09. The molecule has 1 aliphatic heterocycles. The number of amides is 3. The SMILES string of the molecule is O=C1CCc2cc(NC(=O)Nc3ccc(F)cc3)ccc2N1. The summed E-state index contributed by atoms with van der Waals surface area (Å²) in [5, 5.41) is 8.11. The minimum Gasteiger partial charge on any atom is -0.326 e. The molecule has 112 valence electrons. The molecule has 3 amide bonds. The molecule has 1 heterocycles. The topological polar surface area (TPSA) is 70.2 Å². The Morgan fingerprint density at radius 3 is 2.45 bits per heavy atom. The third kappa shape index (κ3) is 3.22. The van der Waals surface area contributed by atoms with Gasteiger partial charge >= 0.3 is 6.03 Å². The number of hydrogen-bond donors (Lipinski definition) is 3. The molecule has 22 heavy (non-hydrogen) atoms. The summed E-state index contributed by atoms with van der Waals surface area (Å²) < 4.78 is 12.8. The average Bonchev–Trinajstić information content (AvgIpc) is 2.50. The van der Waals surface area contributed by atoms with E-state index in [0.717, 1.165) is 11.3 Å². The fourth-order valence-electron chi connectivity index (χ4n) is 2.29. The number of anilines is 3. The van der Waals surface area contributed by atoms with Gasteiger partial charge in [-0.05, 0) is 54.4 Å². The van der Waals surface area contributed by atoms with Crippen molar-refractivity contribution in [3.05, 3.63) is 53.8 Å². The highest BCUT2D eigenvalue weighted by Crippen LogP contribution is 2.25. The summed E-state index contributed by atoms with van der Waals surface area (Å²) in [5.41, 5.74) is 2.90. The van der Waals surface area contributed by atoms with Gasteiger partial charge in [0.1, 0.15) is 5.82 Å². The Bertz CT molecular complexity index is 729. The molecule has 0 saturated heterocycles. The van der Waals surface area contributed by atoms with E-state index in [2.05, 4.69) is 16.0 Å². The van der Waals surface area contributed by atoms with Gasteiger partial charge in [-0.1, -0.05) is 0 Å². The normalized spacial score (nSPS) is 13.0. The van der Waals surface area contributed by atoms with Crippen LogP contribution in [0, 0.1) is 5.82 Å². The van der Waals surface area contributed by atoms with Crippen LogP contribution in [0.2, 0.25) is 0 Å². The molecule has 0 radical (unpaired) electrons. The number of benzene rings is 2. The maximum absolute atomic E-state index is 12.8. The number of carbonyl (C=O) groups excluding carboxylic acids is 2. The van der Waals surface area contributed by atoms with E-state index in [-0.39, 0.29) is 11.7 Å². The van der Waals surface area contributed by atoms with Gasteiger partial charge in [-0.25, -0.2) is 9.18 Å². The van der Waals surface area contributed by atoms with E-state index in [9.17, 15) is 14.0 Å². The highest BCUT2D eigenvalue weighted by Gasteiger charge is 2.15. The third-order valence-electron chi connectivity index (χ3n) is 3.36. The van der Waals surface area contributed by atoms with Crippen LogP contribution in [0.25, 0.3) is 0 Å². The van der Waals surface area contributed by atoms with E-state index < -0.39 is 6.03 Å². The van der Waals surface area contributed by atoms with Crippen molar-refractivity contribution in [3.63, 3.8) is 0 Å². The van der Waals surface area contributed by atoms with Crippen LogP contribution >= 0.6 is 0 Å². The van der Waals surface area contributed by atoms with Crippen LogP contribution < -0.4 is 16.0 Å². The molecule has 0 bridgehead atoms. The Balaban J connectivity index is 1.66. The number of urea groups is 1. The van der Waals surface area contributed by atoms with Crippen LogP contribution in [0.5, 0.6) is 0 Å². The highest BCUT2D eigenvalue weighted by molar-refractivity contribution is 6.00. The Hall–Kier alpha value is -2.89. The molecular weight excluding hydrogens is 285 g/mol. The summed E-state index contributed by atoms with van der Waals surface area (Å²) in [6, 6.07) is 10.4. The first kappa shape index (κ1) is 14.1. The van der Waals surface area contributed by atoms with Crippen LogP contribution in [0.4, 0.5) is 26.2 Å². The molecule has 5 nitrogen and oxygen atoms in total. The van der Waals surface area contributed by atoms with Gasteiger partial charge in [-0.15, -0.1) is 0 Å². The quantitative estimate of drug-likeness (QED) is 0.796. The van der Waals surface area contributed by atoms with E-state index in [4.69, 9.17) is 0 Å². The maximum atomic E-state index is 12.8. The fourth-order valence-corrected chi connectivity index (χ4v) is 2.29. The molecule has 0 aliphatic carbocycles. The molecule has 2 aromatic rings. The number of nitrogens with one attached hydrogen (secondary N) is 3. The van der Waals surface area contributed by atoms with Gasteiger partial charge in [-0.2, -0.15) is 0 Å². The lowest BCUT2D eigenvalue weighted by atomic mass is 10.0. The highest BCUT2D eigenvalue weighted by atomic mass is 19.1. The zero-order valence-corrected chi connectivity index (χ0v) is 11.7. The Morgan fingerprint density at radius 2 is 1.68 bits per heavy atom. The number of halogens is 1. The molecule has 0 unspecified atom stereocenters. The number of hydrogen-bond acceptors (Lipinski definition) is 2. The molecule has 2 aromatic carbocycles. The summed E-state index contributed by atoms with van der Waals surface area (Å²) in [6.45, 7) is 0. The lowest BCUT2D eigenvalue weighted by Crippen LogP contribution is -2.21. The Morgan fingerprint density at radius 1 is 1.00 bits per heavy atom. The van der Waals surface area contributed by atoms with Crippen LogP contribution in [0.3, 0.4) is 0 Å². The minimum atomic E-state index is -0.411. The van der Waals surface area contributed by atoms with E-state index in [1.165, 1.54) is 24.3 Å². The van der Waals surface area contributed by atoms with Crippen LogP contribution in [-0.4, -0.2) is 11.9 Å². The third-order valence-corrected chi connectivity index (χ3v) is 3.36. The predicted octanol–water partition coefficient (Wildman–Crippen LogP) is 3.35. The maximum Gasteiger partial charge on any atom is 0.323 e. The van der Waals surface area contributed by atoms with Crippen molar-refractivity contribution in [1.82, 2.24) is 0 Å². The summed E-state index contributed by atoms with van der Waals surface area (Å²) in [5.74, 6) is -0.357. The van der Waals surface area contributed by atoms with Gasteiger partial charge in [0, 0.05) is 23.5 Å². The van der Waals surface area contributed by atoms with E-state index in [0.29, 0.717) is 24.2 Å². The molecular formula is C16H14FN3O2. The van der Waals surface area contributed by atoms with Crippen molar-refractivity contribution in [2.45, 2.75) is 12.8 Å². The Kier molecular flexibility index (Phi) is 3.74. The van der Waals surface area contributed by atoms with Crippen molar-refractivity contribution < 1.29 is 14.0 Å². The van der Waals surface area contributed by atoms with Gasteiger partial charge in [-0.3, -0.25) is 4.79 Å². The van der Waals surface area contributed by atoms with Crippen LogP contribution in [0.15, 0.2) is 42.5 Å². The monoisotopic (exact) mass is 299 g/mol. The summed E-state index contributed by atoms with van der Waals surface area (Å²) >= 11 is 0. The number of carbonyl (C=O) groups is 2. The molecule has 3 rings (SSSR count). The minimum absolute atomic E-state index is 0.00209. The average molecular weight is 299 g/mol. The van der Waals surface area contributed by atoms with Crippen LogP contribution in [-0.2, 0) is 11.2 Å². The molecule has 1 aliphatic rings. The van der Waals surface area contributed by atoms with Gasteiger partial charge in [0.25, 0.3) is 0 Å². The lowest BCUT2D eigenvalue weighted by molar-refractivity contribution is -0.116. The zero-order chi connectivity index (χ0) is 15.5. The number of fused-ring (bicyclic) bond motifs is 1. The number of rotatable bonds is 2. The van der Waals surface area contributed by atoms with Crippen molar-refractivity contribution in [2.24, 2.45) is 0 Å². The molecule has 0 atom stereocenters. The second-order valence-electron chi connectivity index (χ2n) is 5.01. The summed E-state index contributed by atoms with van der Waals surface area (Å²) in [7, 11) is 0. The zero-order valence-electron chi connectivity index (χ0n) is 11.7. The second kappa shape index (κ2) is 5.85. The van der Waals surface area contributed by atoms with Crippen molar-refractivity contribution in [3.8, 4) is 0 Å². The van der Waals surface area contributed by atoms with E-state index in [1.807, 2.05) is 6.07 Å². The van der Waals surface area contributed by atoms with E-state index in [1.54, 1.807) is 12.1 Å². The molecule has 3 N–H and O–H groups in total. The molecule has 0 fully saturated rings. The van der Waals surface area contributed by atoms with Crippen molar-refractivity contribution in [2.75, 3.05) is 16.0 Å². The lowest BCUT2D eigenvalue weighted by Gasteiger charge is -2.17. The smallest absolute Gasteiger partial charge is 0.323 e. The number of aryl methyl sites for hydroxylation is 1. The predicted molar refractivity (Wildman–Crippen MR) is 82.4 cm³/mol.